The summed E-state index contributed by atoms with van der Waals surface area (Å²) in [4.78, 5) is 21.4. The first-order chi connectivity index (χ1) is 20.8. The zero-order chi connectivity index (χ0) is 31.6. The summed E-state index contributed by atoms with van der Waals surface area (Å²) in [6.07, 6.45) is -9.05. The quantitative estimate of drug-likeness (QED) is 0.219. The van der Waals surface area contributed by atoms with Crippen LogP contribution in [0.4, 0.5) is 32.0 Å². The lowest BCUT2D eigenvalue weighted by Gasteiger charge is -2.33. The van der Waals surface area contributed by atoms with Gasteiger partial charge < -0.3 is 9.73 Å². The number of rotatable bonds is 7. The molecule has 0 unspecified atom stereocenters. The first kappa shape index (κ1) is 31.3. The van der Waals surface area contributed by atoms with Crippen LogP contribution in [0.15, 0.2) is 71.1 Å². The molecule has 12 heteroatoms. The van der Waals surface area contributed by atoms with E-state index in [0.717, 1.165) is 41.1 Å². The third-order valence-corrected chi connectivity index (χ3v) is 7.57. The minimum Gasteiger partial charge on any atom is -0.439 e. The van der Waals surface area contributed by atoms with E-state index in [9.17, 15) is 31.1 Å². The predicted molar refractivity (Wildman–Crippen MR) is 154 cm³/mol. The van der Waals surface area contributed by atoms with E-state index in [4.69, 9.17) is 4.42 Å². The van der Waals surface area contributed by atoms with Gasteiger partial charge in [0, 0.05) is 43.0 Å². The van der Waals surface area contributed by atoms with Gasteiger partial charge in [0.15, 0.2) is 5.76 Å². The third-order valence-electron chi connectivity index (χ3n) is 7.57. The largest absolute Gasteiger partial charge is 0.439 e. The Morgan fingerprint density at radius 3 is 1.80 bits per heavy atom. The van der Waals surface area contributed by atoms with Gasteiger partial charge in [-0.1, -0.05) is 42.5 Å². The minimum atomic E-state index is -4.52. The number of para-hydroxylation sites is 1. The number of oxazole rings is 1. The molecule has 1 aliphatic rings. The third kappa shape index (κ3) is 7.31. The fraction of sp³-hybridized carbons (Fsp3) is 0.312. The summed E-state index contributed by atoms with van der Waals surface area (Å²) < 4.78 is 84.8. The van der Waals surface area contributed by atoms with Crippen LogP contribution in [-0.2, 0) is 23.7 Å². The molecule has 3 aromatic carbocycles. The zero-order valence-corrected chi connectivity index (χ0v) is 24.0. The maximum absolute atomic E-state index is 13.1. The van der Waals surface area contributed by atoms with Crippen molar-refractivity contribution in [1.82, 2.24) is 14.8 Å². The summed E-state index contributed by atoms with van der Waals surface area (Å²) in [5.74, 6) is 0.331. The molecule has 0 bridgehead atoms. The normalized spacial score (nSPS) is 15.0. The number of aromatic nitrogens is 1. The van der Waals surface area contributed by atoms with Gasteiger partial charge in [-0.2, -0.15) is 26.3 Å². The van der Waals surface area contributed by atoms with Gasteiger partial charge in [-0.3, -0.25) is 14.6 Å². The van der Waals surface area contributed by atoms with Gasteiger partial charge in [0.1, 0.15) is 5.69 Å². The fourth-order valence-corrected chi connectivity index (χ4v) is 5.14. The molecule has 5 rings (SSSR count). The van der Waals surface area contributed by atoms with E-state index < -0.39 is 23.5 Å². The maximum atomic E-state index is 13.1. The van der Waals surface area contributed by atoms with Crippen LogP contribution < -0.4 is 5.32 Å². The Kier molecular flexibility index (Phi) is 8.85. The van der Waals surface area contributed by atoms with Crippen LogP contribution >= 0.6 is 0 Å². The molecule has 0 aliphatic carbocycles. The van der Waals surface area contributed by atoms with Gasteiger partial charge in [0.2, 0.25) is 11.8 Å². The number of carbonyl (C=O) groups is 1. The average molecular weight is 617 g/mol. The number of piperazine rings is 1. The molecule has 6 nitrogen and oxygen atoms in total. The maximum Gasteiger partial charge on any atom is 0.416 e. The number of halogens is 6. The number of hydrogen-bond acceptors (Lipinski definition) is 5. The van der Waals surface area contributed by atoms with Crippen molar-refractivity contribution in [3.05, 3.63) is 94.9 Å². The van der Waals surface area contributed by atoms with Gasteiger partial charge in [-0.05, 0) is 49.2 Å². The second kappa shape index (κ2) is 12.4. The number of amides is 1. The number of benzene rings is 3. The highest BCUT2D eigenvalue weighted by Crippen LogP contribution is 2.37. The molecular formula is C32H30F6N4O2. The molecular weight excluding hydrogens is 586 g/mol. The van der Waals surface area contributed by atoms with E-state index >= 15 is 0 Å². The lowest BCUT2D eigenvalue weighted by molar-refractivity contribution is -0.138. The summed E-state index contributed by atoms with van der Waals surface area (Å²) in [5, 5.41) is 3.00. The van der Waals surface area contributed by atoms with Crippen LogP contribution in [0.5, 0.6) is 0 Å². The smallest absolute Gasteiger partial charge is 0.416 e. The van der Waals surface area contributed by atoms with Crippen molar-refractivity contribution in [2.24, 2.45) is 0 Å². The van der Waals surface area contributed by atoms with E-state index in [0.29, 0.717) is 37.3 Å². The molecule has 1 aliphatic heterocycles. The van der Waals surface area contributed by atoms with Crippen molar-refractivity contribution in [3.63, 3.8) is 0 Å². The Hall–Kier alpha value is -4.16. The molecule has 0 radical (unpaired) electrons. The molecule has 1 N–H and O–H groups in total. The number of hydrogen-bond donors (Lipinski definition) is 1. The molecule has 1 amide bonds. The molecule has 1 saturated heterocycles. The van der Waals surface area contributed by atoms with Crippen molar-refractivity contribution in [2.45, 2.75) is 32.7 Å². The van der Waals surface area contributed by atoms with Gasteiger partial charge in [0.05, 0.1) is 24.2 Å². The lowest BCUT2D eigenvalue weighted by atomic mass is 10.0. The minimum absolute atomic E-state index is 0.106. The van der Waals surface area contributed by atoms with Crippen LogP contribution in [0, 0.1) is 13.8 Å². The van der Waals surface area contributed by atoms with E-state index in [1.54, 1.807) is 0 Å². The summed E-state index contributed by atoms with van der Waals surface area (Å²) in [6, 6.07) is 14.5. The Morgan fingerprint density at radius 1 is 0.773 bits per heavy atom. The van der Waals surface area contributed by atoms with Gasteiger partial charge in [0.25, 0.3) is 0 Å². The van der Waals surface area contributed by atoms with Gasteiger partial charge >= 0.3 is 12.4 Å². The average Bonchev–Trinajstić information content (AvgIpc) is 3.39. The van der Waals surface area contributed by atoms with E-state index in [1.807, 2.05) is 36.9 Å². The first-order valence-electron chi connectivity index (χ1n) is 13.9. The molecule has 2 heterocycles. The topological polar surface area (TPSA) is 61.6 Å². The van der Waals surface area contributed by atoms with Crippen LogP contribution in [0.2, 0.25) is 0 Å². The molecule has 0 atom stereocenters. The SMILES string of the molecule is Cc1cccc(C)c1NC(=O)CN1CCN(Cc2nc(-c3ccc(C(F)(F)F)cc3)c(-c3ccc(C(F)(F)F)cc3)o2)CC1. The summed E-state index contributed by atoms with van der Waals surface area (Å²) in [5.41, 5.74) is 2.00. The number of nitrogens with zero attached hydrogens (tertiary/aromatic N) is 3. The van der Waals surface area contributed by atoms with Crippen molar-refractivity contribution in [2.75, 3.05) is 38.0 Å². The Bertz CT molecular complexity index is 1510. The van der Waals surface area contributed by atoms with Gasteiger partial charge in [-0.15, -0.1) is 0 Å². The molecule has 232 valence electrons. The number of nitrogens with one attached hydrogen (secondary N) is 1. The summed E-state index contributed by atoms with van der Waals surface area (Å²) in [6.45, 7) is 6.81. The number of aryl methyl sites for hydroxylation is 2. The Balaban J connectivity index is 1.29. The Labute approximate surface area is 250 Å². The Morgan fingerprint density at radius 2 is 1.27 bits per heavy atom. The lowest BCUT2D eigenvalue weighted by Crippen LogP contribution is -2.48. The highest BCUT2D eigenvalue weighted by Gasteiger charge is 2.32. The summed E-state index contributed by atoms with van der Waals surface area (Å²) in [7, 11) is 0. The number of carbonyl (C=O) groups excluding carboxylic acids is 1. The standard InChI is InChI=1S/C32H30F6N4O2/c1-20-4-3-5-21(2)28(20)39-26(43)18-41-14-16-42(17-15-41)19-27-40-29(22-6-10-24(11-7-22)31(33,34)35)30(44-27)23-8-12-25(13-9-23)32(36,37)38/h3-13H,14-19H2,1-2H3,(H,39,43). The van der Waals surface area contributed by atoms with E-state index in [-0.39, 0.29) is 36.3 Å². The second-order valence-corrected chi connectivity index (χ2v) is 10.8. The van der Waals surface area contributed by atoms with Crippen LogP contribution in [-0.4, -0.2) is 53.4 Å². The monoisotopic (exact) mass is 616 g/mol. The molecule has 1 fully saturated rings. The van der Waals surface area contributed by atoms with Crippen LogP contribution in [0.1, 0.15) is 28.1 Å². The molecule has 44 heavy (non-hydrogen) atoms. The zero-order valence-electron chi connectivity index (χ0n) is 24.0. The fourth-order valence-electron chi connectivity index (χ4n) is 5.14. The van der Waals surface area contributed by atoms with Crippen molar-refractivity contribution < 1.29 is 35.6 Å². The molecule has 4 aromatic rings. The molecule has 1 aromatic heterocycles. The number of anilines is 1. The second-order valence-electron chi connectivity index (χ2n) is 10.8. The highest BCUT2D eigenvalue weighted by molar-refractivity contribution is 5.93. The predicted octanol–water partition coefficient (Wildman–Crippen LogP) is 7.42. The molecule has 0 saturated carbocycles. The van der Waals surface area contributed by atoms with Crippen molar-refractivity contribution in [3.8, 4) is 22.6 Å². The van der Waals surface area contributed by atoms with Crippen molar-refractivity contribution >= 4 is 11.6 Å². The number of alkyl halides is 6. The summed E-state index contributed by atoms with van der Waals surface area (Å²) >= 11 is 0. The van der Waals surface area contributed by atoms with E-state index in [1.165, 1.54) is 24.3 Å². The van der Waals surface area contributed by atoms with Gasteiger partial charge in [-0.25, -0.2) is 4.98 Å². The van der Waals surface area contributed by atoms with E-state index in [2.05, 4.69) is 15.2 Å². The van der Waals surface area contributed by atoms with Crippen LogP contribution in [0.3, 0.4) is 0 Å². The molecule has 0 spiro atoms. The highest BCUT2D eigenvalue weighted by atomic mass is 19.4. The van der Waals surface area contributed by atoms with Crippen molar-refractivity contribution in [1.29, 1.82) is 0 Å². The first-order valence-corrected chi connectivity index (χ1v) is 13.9. The van der Waals surface area contributed by atoms with Crippen LogP contribution in [0.25, 0.3) is 22.6 Å².